The summed E-state index contributed by atoms with van der Waals surface area (Å²) in [6, 6.07) is 8.34. The summed E-state index contributed by atoms with van der Waals surface area (Å²) < 4.78 is 21.0. The van der Waals surface area contributed by atoms with Crippen LogP contribution in [-0.4, -0.2) is 25.6 Å². The van der Waals surface area contributed by atoms with Gasteiger partial charge in [-0.25, -0.2) is 4.39 Å². The lowest BCUT2D eigenvalue weighted by Crippen LogP contribution is -2.27. The van der Waals surface area contributed by atoms with E-state index in [0.717, 1.165) is 11.1 Å². The van der Waals surface area contributed by atoms with Crippen LogP contribution in [0.3, 0.4) is 0 Å². The normalized spacial score (nSPS) is 14.5. The molecule has 1 aliphatic heterocycles. The molecule has 3 N–H and O–H groups in total. The molecule has 1 aromatic carbocycles. The Balaban J connectivity index is 1.62. The molecule has 0 radical (unpaired) electrons. The van der Waals surface area contributed by atoms with Crippen molar-refractivity contribution in [3.8, 4) is 17.2 Å². The summed E-state index contributed by atoms with van der Waals surface area (Å²) in [4.78, 5) is 21.2. The van der Waals surface area contributed by atoms with Gasteiger partial charge >= 0.3 is 0 Å². The number of hydrogen-bond donors (Lipinski definition) is 2. The van der Waals surface area contributed by atoms with Crippen LogP contribution < -0.4 is 11.1 Å². The molecule has 0 saturated carbocycles. The predicted octanol–water partition coefficient (Wildman–Crippen LogP) is 3.46. The van der Waals surface area contributed by atoms with E-state index < -0.39 is 5.41 Å². The van der Waals surface area contributed by atoms with Gasteiger partial charge in [-0.1, -0.05) is 23.4 Å². The molecule has 0 fully saturated rings. The lowest BCUT2D eigenvalue weighted by molar-refractivity contribution is -0.119. The van der Waals surface area contributed by atoms with Crippen molar-refractivity contribution < 1.29 is 13.7 Å². The Morgan fingerprint density at radius 1 is 1.16 bits per heavy atom. The predicted molar refractivity (Wildman–Crippen MR) is 112 cm³/mol. The van der Waals surface area contributed by atoms with Crippen molar-refractivity contribution in [2.24, 2.45) is 0 Å². The van der Waals surface area contributed by atoms with Gasteiger partial charge in [0.15, 0.2) is 0 Å². The number of amides is 1. The van der Waals surface area contributed by atoms with Gasteiger partial charge in [-0.05, 0) is 31.0 Å². The molecule has 8 nitrogen and oxygen atoms in total. The number of nitrogens with one attached hydrogen (secondary N) is 1. The summed E-state index contributed by atoms with van der Waals surface area (Å²) in [6.45, 7) is 3.55. The van der Waals surface area contributed by atoms with Crippen molar-refractivity contribution in [2.45, 2.75) is 25.7 Å². The maximum Gasteiger partial charge on any atom is 0.237 e. The van der Waals surface area contributed by atoms with Gasteiger partial charge in [0.1, 0.15) is 29.4 Å². The van der Waals surface area contributed by atoms with Crippen LogP contribution in [0.25, 0.3) is 17.2 Å². The van der Waals surface area contributed by atoms with Gasteiger partial charge in [0.25, 0.3) is 0 Å². The highest BCUT2D eigenvalue weighted by molar-refractivity contribution is 6.06. The quantitative estimate of drug-likeness (QED) is 0.525. The number of nitrogens with zero attached hydrogens (tertiary/aromatic N) is 4. The second-order valence-corrected chi connectivity index (χ2v) is 7.97. The minimum atomic E-state index is -0.809. The topological polar surface area (TPSA) is 112 Å². The van der Waals surface area contributed by atoms with E-state index in [0.29, 0.717) is 35.0 Å². The number of rotatable bonds is 4. The third kappa shape index (κ3) is 3.05. The number of halogens is 1. The number of fused-ring (bicyclic) bond motifs is 1. The summed E-state index contributed by atoms with van der Waals surface area (Å²) >= 11 is 0. The zero-order valence-electron chi connectivity index (χ0n) is 16.9. The molecule has 0 atom stereocenters. The van der Waals surface area contributed by atoms with E-state index in [1.807, 2.05) is 0 Å². The van der Waals surface area contributed by atoms with E-state index in [1.54, 1.807) is 55.1 Å². The van der Waals surface area contributed by atoms with E-state index in [-0.39, 0.29) is 17.5 Å². The van der Waals surface area contributed by atoms with Crippen LogP contribution in [-0.2, 0) is 16.6 Å². The van der Waals surface area contributed by atoms with Crippen LogP contribution >= 0.6 is 0 Å². The van der Waals surface area contributed by atoms with E-state index in [9.17, 15) is 9.18 Å². The lowest BCUT2D eigenvalue weighted by atomic mass is 9.87. The van der Waals surface area contributed by atoms with E-state index >= 15 is 0 Å². The zero-order chi connectivity index (χ0) is 21.8. The van der Waals surface area contributed by atoms with Gasteiger partial charge in [-0.3, -0.25) is 9.36 Å². The molecule has 3 aromatic heterocycles. The van der Waals surface area contributed by atoms with Crippen LogP contribution in [0.15, 0.2) is 53.5 Å². The second-order valence-electron chi connectivity index (χ2n) is 7.97. The fourth-order valence-electron chi connectivity index (χ4n) is 3.85. The molecule has 5 rings (SSSR count). The number of nitrogens with two attached hydrogens (primary N) is 1. The maximum absolute atomic E-state index is 14.3. The van der Waals surface area contributed by atoms with Crippen molar-refractivity contribution in [1.82, 2.24) is 19.7 Å². The number of carbonyl (C=O) groups excluding carboxylic acids is 1. The summed E-state index contributed by atoms with van der Waals surface area (Å²) in [5.74, 6) is 0.445. The number of benzene rings is 1. The van der Waals surface area contributed by atoms with Crippen molar-refractivity contribution >= 4 is 17.5 Å². The van der Waals surface area contributed by atoms with Gasteiger partial charge < -0.3 is 15.6 Å². The van der Waals surface area contributed by atoms with Crippen molar-refractivity contribution in [3.63, 3.8) is 0 Å². The summed E-state index contributed by atoms with van der Waals surface area (Å²) in [6.07, 6.45) is 5.41. The van der Waals surface area contributed by atoms with Crippen molar-refractivity contribution in [3.05, 3.63) is 71.5 Å². The largest absolute Gasteiger partial charge is 0.383 e. The van der Waals surface area contributed by atoms with E-state index in [4.69, 9.17) is 10.3 Å². The fraction of sp³-hybridized carbons (Fsp3) is 0.182. The zero-order valence-corrected chi connectivity index (χ0v) is 16.9. The minimum Gasteiger partial charge on any atom is -0.383 e. The molecule has 1 amide bonds. The Hall–Kier alpha value is -4.01. The first-order valence-corrected chi connectivity index (χ1v) is 9.69. The molecule has 4 heterocycles. The Bertz CT molecular complexity index is 1310. The first-order chi connectivity index (χ1) is 14.8. The average Bonchev–Trinajstić information content (AvgIpc) is 3.43. The highest BCUT2D eigenvalue weighted by Gasteiger charge is 2.42. The number of hydrogen-bond acceptors (Lipinski definition) is 6. The highest BCUT2D eigenvalue weighted by Crippen LogP contribution is 2.39. The maximum atomic E-state index is 14.3. The van der Waals surface area contributed by atoms with Gasteiger partial charge in [0.05, 0.1) is 11.0 Å². The van der Waals surface area contributed by atoms with Crippen molar-refractivity contribution in [2.75, 3.05) is 11.1 Å². The Kier molecular flexibility index (Phi) is 4.14. The number of aromatic nitrogens is 4. The minimum absolute atomic E-state index is 0.184. The molecule has 31 heavy (non-hydrogen) atoms. The van der Waals surface area contributed by atoms with E-state index in [1.165, 1.54) is 12.3 Å². The van der Waals surface area contributed by atoms with Gasteiger partial charge in [0.2, 0.25) is 11.9 Å². The number of carbonyl (C=O) groups is 1. The number of nitrogen functional groups attached to an aromatic ring is 1. The fourth-order valence-corrected chi connectivity index (χ4v) is 3.85. The van der Waals surface area contributed by atoms with Gasteiger partial charge in [-0.2, -0.15) is 9.97 Å². The SMILES string of the molecule is CC1(C)C(=O)Nc2nc(-n3cc(Cc4ccccc4F)c(-c4ccon4)c3)nc(N)c21. The molecule has 0 bridgehead atoms. The Labute approximate surface area is 176 Å². The molecule has 9 heteroatoms. The molecule has 4 aromatic rings. The smallest absolute Gasteiger partial charge is 0.237 e. The number of anilines is 2. The second kappa shape index (κ2) is 6.76. The lowest BCUT2D eigenvalue weighted by Gasteiger charge is -2.16. The molecule has 156 valence electrons. The molecular formula is C22H19FN6O2. The summed E-state index contributed by atoms with van der Waals surface area (Å²) in [7, 11) is 0. The molecular weight excluding hydrogens is 399 g/mol. The van der Waals surface area contributed by atoms with Crippen LogP contribution in [0.4, 0.5) is 16.0 Å². The van der Waals surface area contributed by atoms with E-state index in [2.05, 4.69) is 20.4 Å². The van der Waals surface area contributed by atoms with Crippen LogP contribution in [0.2, 0.25) is 0 Å². The Morgan fingerprint density at radius 3 is 2.71 bits per heavy atom. The van der Waals surface area contributed by atoms with Crippen LogP contribution in [0, 0.1) is 5.82 Å². The average molecular weight is 418 g/mol. The molecule has 0 unspecified atom stereocenters. The molecule has 1 aliphatic rings. The third-order valence-corrected chi connectivity index (χ3v) is 5.54. The molecule has 0 saturated heterocycles. The van der Waals surface area contributed by atoms with Crippen LogP contribution in [0.1, 0.15) is 30.5 Å². The van der Waals surface area contributed by atoms with Gasteiger partial charge in [0, 0.05) is 30.4 Å². The summed E-state index contributed by atoms with van der Waals surface area (Å²) in [5, 5.41) is 6.79. The van der Waals surface area contributed by atoms with Crippen LogP contribution in [0.5, 0.6) is 0 Å². The molecule has 0 aliphatic carbocycles. The Morgan fingerprint density at radius 2 is 1.97 bits per heavy atom. The van der Waals surface area contributed by atoms with Crippen molar-refractivity contribution in [1.29, 1.82) is 0 Å². The third-order valence-electron chi connectivity index (χ3n) is 5.54. The monoisotopic (exact) mass is 418 g/mol. The standard InChI is InChI=1S/C22H19FN6O2/c1-22(2)17-18(24)25-21(27-19(17)26-20(22)30)29-10-13(9-12-5-3-4-6-15(12)23)14(11-29)16-7-8-31-28-16/h3-8,10-11H,9H2,1-2H3,(H3,24,25,26,27,30). The highest BCUT2D eigenvalue weighted by atomic mass is 19.1. The summed E-state index contributed by atoms with van der Waals surface area (Å²) in [5.41, 5.74) is 8.69. The molecule has 0 spiro atoms. The first kappa shape index (κ1) is 19.0. The first-order valence-electron chi connectivity index (χ1n) is 9.69. The van der Waals surface area contributed by atoms with Gasteiger partial charge in [-0.15, -0.1) is 0 Å².